The minimum absolute atomic E-state index is 0.0990. The number of aliphatic imine (C=N–C) groups is 1. The van der Waals surface area contributed by atoms with Crippen molar-refractivity contribution < 1.29 is 8.78 Å². The van der Waals surface area contributed by atoms with Gasteiger partial charge in [-0.05, 0) is 50.1 Å². The van der Waals surface area contributed by atoms with Gasteiger partial charge in [-0.1, -0.05) is 18.2 Å². The molecule has 6 heteroatoms. The van der Waals surface area contributed by atoms with Crippen molar-refractivity contribution in [3.63, 3.8) is 0 Å². The number of benzene rings is 2. The van der Waals surface area contributed by atoms with E-state index in [1.807, 2.05) is 13.0 Å². The fraction of sp³-hybridized carbons (Fsp3) is 0.381. The third-order valence-electron chi connectivity index (χ3n) is 4.72. The summed E-state index contributed by atoms with van der Waals surface area (Å²) in [5, 5.41) is 6.62. The third kappa shape index (κ3) is 5.42. The smallest absolute Gasteiger partial charge is 0.191 e. The Kier molecular flexibility index (Phi) is 6.63. The van der Waals surface area contributed by atoms with Crippen LogP contribution in [0.3, 0.4) is 0 Å². The van der Waals surface area contributed by atoms with E-state index in [4.69, 9.17) is 0 Å². The topological polar surface area (TPSA) is 39.7 Å². The number of nitrogens with zero attached hydrogens (tertiary/aromatic N) is 2. The lowest BCUT2D eigenvalue weighted by Crippen LogP contribution is -2.48. The number of hydrogen-bond donors (Lipinski definition) is 2. The summed E-state index contributed by atoms with van der Waals surface area (Å²) in [6, 6.07) is 14.2. The average molecular weight is 372 g/mol. The molecule has 4 nitrogen and oxygen atoms in total. The number of halogens is 2. The van der Waals surface area contributed by atoms with Crippen molar-refractivity contribution in [1.82, 2.24) is 10.6 Å². The first-order valence-corrected chi connectivity index (χ1v) is 9.44. The molecule has 0 aromatic heterocycles. The van der Waals surface area contributed by atoms with Crippen molar-refractivity contribution in [2.24, 2.45) is 4.99 Å². The highest BCUT2D eigenvalue weighted by atomic mass is 19.1. The number of rotatable bonds is 5. The molecule has 0 atom stereocenters. The monoisotopic (exact) mass is 372 g/mol. The molecule has 0 amide bonds. The van der Waals surface area contributed by atoms with Crippen LogP contribution in [0, 0.1) is 11.6 Å². The summed E-state index contributed by atoms with van der Waals surface area (Å²) in [7, 11) is 0. The van der Waals surface area contributed by atoms with E-state index < -0.39 is 11.6 Å². The van der Waals surface area contributed by atoms with Gasteiger partial charge in [-0.25, -0.2) is 13.8 Å². The van der Waals surface area contributed by atoms with Gasteiger partial charge in [-0.3, -0.25) is 0 Å². The zero-order valence-corrected chi connectivity index (χ0v) is 15.6. The largest absolute Gasteiger partial charge is 0.371 e. The summed E-state index contributed by atoms with van der Waals surface area (Å²) in [6.45, 7) is 4.74. The van der Waals surface area contributed by atoms with Gasteiger partial charge in [-0.2, -0.15) is 0 Å². The molecule has 2 aromatic carbocycles. The second-order valence-corrected chi connectivity index (χ2v) is 6.67. The van der Waals surface area contributed by atoms with Crippen molar-refractivity contribution in [3.8, 4) is 0 Å². The van der Waals surface area contributed by atoms with Crippen LogP contribution in [0.1, 0.15) is 25.3 Å². The normalized spacial score (nSPS) is 15.7. The molecule has 0 saturated carbocycles. The van der Waals surface area contributed by atoms with E-state index >= 15 is 0 Å². The fourth-order valence-electron chi connectivity index (χ4n) is 3.26. The molecule has 2 aromatic rings. The van der Waals surface area contributed by atoms with Gasteiger partial charge in [0, 0.05) is 36.9 Å². The minimum Gasteiger partial charge on any atom is -0.371 e. The van der Waals surface area contributed by atoms with Gasteiger partial charge in [0.25, 0.3) is 0 Å². The Morgan fingerprint density at radius 2 is 1.85 bits per heavy atom. The van der Waals surface area contributed by atoms with Crippen molar-refractivity contribution >= 4 is 11.6 Å². The van der Waals surface area contributed by atoms with Crippen LogP contribution in [0.5, 0.6) is 0 Å². The highest BCUT2D eigenvalue weighted by molar-refractivity contribution is 5.80. The van der Waals surface area contributed by atoms with Gasteiger partial charge >= 0.3 is 0 Å². The molecule has 144 valence electrons. The highest BCUT2D eigenvalue weighted by Gasteiger charge is 2.20. The zero-order valence-electron chi connectivity index (χ0n) is 15.6. The van der Waals surface area contributed by atoms with Crippen molar-refractivity contribution in [2.45, 2.75) is 32.4 Å². The van der Waals surface area contributed by atoms with Crippen LogP contribution in [0.2, 0.25) is 0 Å². The lowest BCUT2D eigenvalue weighted by Gasteiger charge is -2.34. The quantitative estimate of drug-likeness (QED) is 0.621. The molecule has 1 heterocycles. The highest BCUT2D eigenvalue weighted by Crippen LogP contribution is 2.19. The SMILES string of the molecule is CCNC(=NCc1cc(F)ccc1F)NC1CCN(c2ccccc2)CC1. The van der Waals surface area contributed by atoms with Crippen LogP contribution >= 0.6 is 0 Å². The van der Waals surface area contributed by atoms with Crippen LogP contribution in [0.15, 0.2) is 53.5 Å². The number of guanidine groups is 1. The van der Waals surface area contributed by atoms with E-state index in [1.165, 1.54) is 11.8 Å². The molecule has 1 aliphatic heterocycles. The van der Waals surface area contributed by atoms with E-state index in [-0.39, 0.29) is 12.1 Å². The summed E-state index contributed by atoms with van der Waals surface area (Å²) in [5.41, 5.74) is 1.50. The summed E-state index contributed by atoms with van der Waals surface area (Å²) in [4.78, 5) is 6.81. The van der Waals surface area contributed by atoms with Gasteiger partial charge in [-0.15, -0.1) is 0 Å². The van der Waals surface area contributed by atoms with E-state index in [2.05, 4.69) is 44.8 Å². The first-order valence-electron chi connectivity index (χ1n) is 9.44. The molecular weight excluding hydrogens is 346 g/mol. The van der Waals surface area contributed by atoms with Crippen LogP contribution in [0.4, 0.5) is 14.5 Å². The Morgan fingerprint density at radius 1 is 1.11 bits per heavy atom. The first-order chi connectivity index (χ1) is 13.2. The average Bonchev–Trinajstić information content (AvgIpc) is 2.70. The molecule has 0 radical (unpaired) electrons. The predicted molar refractivity (Wildman–Crippen MR) is 106 cm³/mol. The summed E-state index contributed by atoms with van der Waals surface area (Å²) in [6.07, 6.45) is 1.99. The molecular formula is C21H26F2N4. The summed E-state index contributed by atoms with van der Waals surface area (Å²) >= 11 is 0. The molecule has 0 aliphatic carbocycles. The molecule has 0 spiro atoms. The Balaban J connectivity index is 1.57. The lowest BCUT2D eigenvalue weighted by atomic mass is 10.0. The number of hydrogen-bond acceptors (Lipinski definition) is 2. The maximum atomic E-state index is 13.8. The van der Waals surface area contributed by atoms with Crippen molar-refractivity contribution in [1.29, 1.82) is 0 Å². The third-order valence-corrected chi connectivity index (χ3v) is 4.72. The second kappa shape index (κ2) is 9.35. The second-order valence-electron chi connectivity index (χ2n) is 6.67. The van der Waals surface area contributed by atoms with Crippen LogP contribution in [-0.4, -0.2) is 31.6 Å². The number of nitrogens with one attached hydrogen (secondary N) is 2. The molecule has 1 saturated heterocycles. The van der Waals surface area contributed by atoms with Gasteiger partial charge in [0.05, 0.1) is 6.54 Å². The van der Waals surface area contributed by atoms with Crippen LogP contribution in [0.25, 0.3) is 0 Å². The number of piperidine rings is 1. The summed E-state index contributed by atoms with van der Waals surface area (Å²) < 4.78 is 27.1. The van der Waals surface area contributed by atoms with E-state index in [1.54, 1.807) is 0 Å². The van der Waals surface area contributed by atoms with E-state index in [0.29, 0.717) is 18.5 Å². The molecule has 0 bridgehead atoms. The Morgan fingerprint density at radius 3 is 2.56 bits per heavy atom. The predicted octanol–water partition coefficient (Wildman–Crippen LogP) is 3.69. The first kappa shape index (κ1) is 19.1. The minimum atomic E-state index is -0.451. The van der Waals surface area contributed by atoms with Gasteiger partial charge < -0.3 is 15.5 Å². The van der Waals surface area contributed by atoms with Crippen LogP contribution < -0.4 is 15.5 Å². The fourth-order valence-corrected chi connectivity index (χ4v) is 3.26. The van der Waals surface area contributed by atoms with E-state index in [9.17, 15) is 8.78 Å². The zero-order chi connectivity index (χ0) is 19.1. The molecule has 2 N–H and O–H groups in total. The van der Waals surface area contributed by atoms with Crippen molar-refractivity contribution in [2.75, 3.05) is 24.5 Å². The van der Waals surface area contributed by atoms with Gasteiger partial charge in [0.1, 0.15) is 11.6 Å². The summed E-state index contributed by atoms with van der Waals surface area (Å²) in [5.74, 6) is -0.251. The molecule has 1 fully saturated rings. The molecule has 1 aliphatic rings. The van der Waals surface area contributed by atoms with E-state index in [0.717, 1.165) is 38.1 Å². The lowest BCUT2D eigenvalue weighted by molar-refractivity contribution is 0.461. The van der Waals surface area contributed by atoms with Crippen molar-refractivity contribution in [3.05, 3.63) is 65.7 Å². The number of para-hydroxylation sites is 1. The van der Waals surface area contributed by atoms with Crippen LogP contribution in [-0.2, 0) is 6.54 Å². The van der Waals surface area contributed by atoms with Gasteiger partial charge in [0.15, 0.2) is 5.96 Å². The molecule has 0 unspecified atom stereocenters. The number of anilines is 1. The standard InChI is InChI=1S/C21H26F2N4/c1-2-24-21(25-15-16-14-17(22)8-9-20(16)23)26-18-10-12-27(13-11-18)19-6-4-3-5-7-19/h3-9,14,18H,2,10-13,15H2,1H3,(H2,24,25,26). The Hall–Kier alpha value is -2.63. The van der Waals surface area contributed by atoms with Gasteiger partial charge in [0.2, 0.25) is 0 Å². The molecule has 3 rings (SSSR count). The molecule has 27 heavy (non-hydrogen) atoms. The maximum Gasteiger partial charge on any atom is 0.191 e. The Labute approximate surface area is 159 Å². The maximum absolute atomic E-state index is 13.8. The Bertz CT molecular complexity index is 756.